The van der Waals surface area contributed by atoms with Crippen LogP contribution in [0.5, 0.6) is 0 Å². The van der Waals surface area contributed by atoms with Gasteiger partial charge in [0.15, 0.2) is 11.6 Å². The van der Waals surface area contributed by atoms with E-state index in [2.05, 4.69) is 4.72 Å². The van der Waals surface area contributed by atoms with Crippen LogP contribution in [0.2, 0.25) is 0 Å². The van der Waals surface area contributed by atoms with Crippen LogP contribution in [0.3, 0.4) is 0 Å². The number of thioether (sulfide) groups is 1. The van der Waals surface area contributed by atoms with Gasteiger partial charge >= 0.3 is 5.97 Å². The zero-order chi connectivity index (χ0) is 16.4. The molecule has 21 heavy (non-hydrogen) atoms. The van der Waals surface area contributed by atoms with E-state index in [4.69, 9.17) is 5.11 Å². The molecule has 0 bridgehead atoms. The van der Waals surface area contributed by atoms with Gasteiger partial charge < -0.3 is 5.11 Å². The van der Waals surface area contributed by atoms with Crippen molar-refractivity contribution in [3.05, 3.63) is 29.3 Å². The first-order chi connectivity index (χ1) is 9.50. The van der Waals surface area contributed by atoms with Crippen molar-refractivity contribution < 1.29 is 27.1 Å². The summed E-state index contributed by atoms with van der Waals surface area (Å²) in [6, 6.07) is 1.03. The van der Waals surface area contributed by atoms with E-state index in [0.717, 1.165) is 0 Å². The molecule has 0 saturated heterocycles. The summed E-state index contributed by atoms with van der Waals surface area (Å²) < 4.78 is 52.7. The highest BCUT2D eigenvalue weighted by molar-refractivity contribution is 8.00. The standard InChI is InChI=1S/C12H15F2NO4S2/c1-12(2,20-3)6-15-21(18,19)9-5-7(11(16)17)4-8(13)10(9)14/h4-5,15H,6H2,1-3H3,(H,16,17). The van der Waals surface area contributed by atoms with Crippen LogP contribution in [-0.2, 0) is 10.0 Å². The summed E-state index contributed by atoms with van der Waals surface area (Å²) in [7, 11) is -4.35. The van der Waals surface area contributed by atoms with Gasteiger partial charge in [0.05, 0.1) is 5.56 Å². The highest BCUT2D eigenvalue weighted by Gasteiger charge is 2.27. The first-order valence-corrected chi connectivity index (χ1v) is 8.48. The second-order valence-electron chi connectivity index (χ2n) is 4.86. The molecule has 0 aliphatic rings. The predicted octanol–water partition coefficient (Wildman–Crippen LogP) is 2.08. The van der Waals surface area contributed by atoms with E-state index >= 15 is 0 Å². The molecular weight excluding hydrogens is 324 g/mol. The summed E-state index contributed by atoms with van der Waals surface area (Å²) in [6.45, 7) is 3.52. The molecule has 5 nitrogen and oxygen atoms in total. The fourth-order valence-electron chi connectivity index (χ4n) is 1.30. The van der Waals surface area contributed by atoms with E-state index in [1.165, 1.54) is 11.8 Å². The Morgan fingerprint density at radius 2 is 1.95 bits per heavy atom. The fraction of sp³-hybridized carbons (Fsp3) is 0.417. The van der Waals surface area contributed by atoms with Crippen molar-refractivity contribution in [1.82, 2.24) is 4.72 Å². The van der Waals surface area contributed by atoms with Crippen molar-refractivity contribution >= 4 is 27.8 Å². The molecule has 0 atom stereocenters. The number of rotatable bonds is 6. The molecule has 0 spiro atoms. The number of hydrogen-bond acceptors (Lipinski definition) is 4. The Bertz CT molecular complexity index is 659. The number of carboxylic acids is 1. The number of halogens is 2. The van der Waals surface area contributed by atoms with Crippen LogP contribution in [0.25, 0.3) is 0 Å². The summed E-state index contributed by atoms with van der Waals surface area (Å²) in [4.78, 5) is 9.78. The lowest BCUT2D eigenvalue weighted by Crippen LogP contribution is -2.36. The third-order valence-electron chi connectivity index (χ3n) is 2.77. The summed E-state index contributed by atoms with van der Waals surface area (Å²) in [5, 5.41) is 8.78. The maximum absolute atomic E-state index is 13.7. The number of nitrogens with one attached hydrogen (secondary N) is 1. The third-order valence-corrected chi connectivity index (χ3v) is 5.42. The second-order valence-corrected chi connectivity index (χ2v) is 8.11. The van der Waals surface area contributed by atoms with Gasteiger partial charge in [-0.1, -0.05) is 0 Å². The molecule has 0 aromatic heterocycles. The van der Waals surface area contributed by atoms with Gasteiger partial charge in [-0.25, -0.2) is 26.7 Å². The summed E-state index contributed by atoms with van der Waals surface area (Å²) in [5.74, 6) is -4.68. The number of aromatic carboxylic acids is 1. The van der Waals surface area contributed by atoms with Crippen LogP contribution in [0.1, 0.15) is 24.2 Å². The molecule has 0 radical (unpaired) electrons. The highest BCUT2D eigenvalue weighted by atomic mass is 32.2. The average Bonchev–Trinajstić information content (AvgIpc) is 2.39. The molecule has 0 aliphatic heterocycles. The van der Waals surface area contributed by atoms with E-state index in [-0.39, 0.29) is 6.54 Å². The van der Waals surface area contributed by atoms with E-state index in [1.807, 2.05) is 0 Å². The molecule has 118 valence electrons. The zero-order valence-corrected chi connectivity index (χ0v) is 13.2. The van der Waals surface area contributed by atoms with Gasteiger partial charge in [0, 0.05) is 11.3 Å². The van der Waals surface area contributed by atoms with Crippen molar-refractivity contribution in [2.75, 3.05) is 12.8 Å². The highest BCUT2D eigenvalue weighted by Crippen LogP contribution is 2.23. The molecule has 0 fully saturated rings. The Kier molecular flexibility index (Phi) is 5.35. The minimum absolute atomic E-state index is 0.0190. The summed E-state index contributed by atoms with van der Waals surface area (Å²) in [5.41, 5.74) is -0.640. The molecule has 1 aromatic rings. The Hall–Kier alpha value is -1.19. The van der Waals surface area contributed by atoms with Crippen molar-refractivity contribution in [2.24, 2.45) is 0 Å². The Morgan fingerprint density at radius 3 is 2.43 bits per heavy atom. The summed E-state index contributed by atoms with van der Waals surface area (Å²) >= 11 is 1.39. The van der Waals surface area contributed by atoms with Gasteiger partial charge in [-0.3, -0.25) is 0 Å². The van der Waals surface area contributed by atoms with Crippen LogP contribution in [0.15, 0.2) is 17.0 Å². The Labute approximate surface area is 125 Å². The van der Waals surface area contributed by atoms with Crippen LogP contribution >= 0.6 is 11.8 Å². The molecule has 0 aliphatic carbocycles. The molecule has 0 heterocycles. The molecule has 0 unspecified atom stereocenters. The van der Waals surface area contributed by atoms with Gasteiger partial charge in [-0.2, -0.15) is 11.8 Å². The monoisotopic (exact) mass is 339 g/mol. The molecule has 1 aromatic carbocycles. The van der Waals surface area contributed by atoms with Gasteiger partial charge in [0.25, 0.3) is 0 Å². The molecule has 9 heteroatoms. The minimum Gasteiger partial charge on any atom is -0.478 e. The third kappa shape index (κ3) is 4.39. The van der Waals surface area contributed by atoms with E-state index in [9.17, 15) is 22.0 Å². The summed E-state index contributed by atoms with van der Waals surface area (Å²) in [6.07, 6.45) is 1.78. The minimum atomic E-state index is -4.35. The topological polar surface area (TPSA) is 83.5 Å². The van der Waals surface area contributed by atoms with Crippen LogP contribution in [-0.4, -0.2) is 37.0 Å². The molecule has 0 amide bonds. The van der Waals surface area contributed by atoms with E-state index < -0.39 is 42.8 Å². The smallest absolute Gasteiger partial charge is 0.335 e. The average molecular weight is 339 g/mol. The molecular formula is C12H15F2NO4S2. The number of carbonyl (C=O) groups is 1. The van der Waals surface area contributed by atoms with Crippen molar-refractivity contribution in [3.63, 3.8) is 0 Å². The number of benzene rings is 1. The lowest BCUT2D eigenvalue weighted by molar-refractivity contribution is 0.0696. The van der Waals surface area contributed by atoms with E-state index in [0.29, 0.717) is 12.1 Å². The first-order valence-electron chi connectivity index (χ1n) is 5.77. The molecule has 1 rings (SSSR count). The molecule has 2 N–H and O–H groups in total. The van der Waals surface area contributed by atoms with Crippen LogP contribution < -0.4 is 4.72 Å². The largest absolute Gasteiger partial charge is 0.478 e. The first kappa shape index (κ1) is 17.9. The van der Waals surface area contributed by atoms with Gasteiger partial charge in [-0.15, -0.1) is 0 Å². The Morgan fingerprint density at radius 1 is 1.38 bits per heavy atom. The van der Waals surface area contributed by atoms with E-state index in [1.54, 1.807) is 20.1 Å². The van der Waals surface area contributed by atoms with Crippen molar-refractivity contribution in [3.8, 4) is 0 Å². The van der Waals surface area contributed by atoms with Crippen molar-refractivity contribution in [1.29, 1.82) is 0 Å². The lowest BCUT2D eigenvalue weighted by atomic mass is 10.2. The predicted molar refractivity (Wildman–Crippen MR) is 76.1 cm³/mol. The fourth-order valence-corrected chi connectivity index (χ4v) is 2.93. The quantitative estimate of drug-likeness (QED) is 0.829. The normalized spacial score (nSPS) is 12.4. The SMILES string of the molecule is CSC(C)(C)CNS(=O)(=O)c1cc(C(=O)O)cc(F)c1F. The maximum Gasteiger partial charge on any atom is 0.335 e. The van der Waals surface area contributed by atoms with Gasteiger partial charge in [-0.05, 0) is 32.2 Å². The molecule has 0 saturated carbocycles. The second kappa shape index (κ2) is 6.29. The lowest BCUT2D eigenvalue weighted by Gasteiger charge is -2.22. The Balaban J connectivity index is 3.22. The van der Waals surface area contributed by atoms with Gasteiger partial charge in [0.2, 0.25) is 10.0 Å². The number of hydrogen-bond donors (Lipinski definition) is 2. The number of sulfonamides is 1. The van der Waals surface area contributed by atoms with Gasteiger partial charge in [0.1, 0.15) is 4.90 Å². The number of carboxylic acid groups (broad SMARTS) is 1. The zero-order valence-electron chi connectivity index (χ0n) is 11.6. The van der Waals surface area contributed by atoms with Crippen molar-refractivity contribution in [2.45, 2.75) is 23.5 Å². The van der Waals surface area contributed by atoms with Crippen LogP contribution in [0, 0.1) is 11.6 Å². The van der Waals surface area contributed by atoms with Crippen LogP contribution in [0.4, 0.5) is 8.78 Å². The maximum atomic E-state index is 13.7.